The number of benzene rings is 1. The molecule has 0 aromatic heterocycles. The first-order chi connectivity index (χ1) is 8.91. The van der Waals surface area contributed by atoms with Crippen molar-refractivity contribution in [3.05, 3.63) is 29.8 Å². The van der Waals surface area contributed by atoms with E-state index in [9.17, 15) is 8.78 Å². The van der Waals surface area contributed by atoms with E-state index >= 15 is 0 Å². The number of hydrogen-bond acceptors (Lipinski definition) is 2. The van der Waals surface area contributed by atoms with E-state index in [4.69, 9.17) is 0 Å². The topological polar surface area (TPSA) is 12.0 Å². The molecule has 0 saturated heterocycles. The fraction of sp³-hybridized carbons (Fsp3) is 0.600. The molecule has 106 valence electrons. The standard InChI is InChI=1S/C15H21F2NS/c1-15(2)7-6-12(18-3)14(9-15)19-13-5-4-10(16)8-11(13)17/h4-5,8,12,14,18H,6-7,9H2,1-3H3. The molecule has 1 fully saturated rings. The van der Waals surface area contributed by atoms with Crippen LogP contribution in [0.25, 0.3) is 0 Å². The van der Waals surface area contributed by atoms with Crippen molar-refractivity contribution in [1.29, 1.82) is 0 Å². The van der Waals surface area contributed by atoms with Crippen molar-refractivity contribution < 1.29 is 8.78 Å². The highest BCUT2D eigenvalue weighted by Crippen LogP contribution is 2.43. The van der Waals surface area contributed by atoms with Crippen LogP contribution in [0.4, 0.5) is 8.78 Å². The second kappa shape index (κ2) is 5.80. The van der Waals surface area contributed by atoms with Gasteiger partial charge in [-0.1, -0.05) is 13.8 Å². The van der Waals surface area contributed by atoms with Crippen molar-refractivity contribution >= 4 is 11.8 Å². The first kappa shape index (κ1) is 14.8. The summed E-state index contributed by atoms with van der Waals surface area (Å²) in [6.07, 6.45) is 3.32. The Morgan fingerprint density at radius 3 is 2.68 bits per heavy atom. The molecule has 1 aromatic rings. The van der Waals surface area contributed by atoms with Crippen LogP contribution in [0, 0.1) is 17.0 Å². The lowest BCUT2D eigenvalue weighted by Gasteiger charge is -2.40. The molecule has 0 aliphatic heterocycles. The molecular formula is C15H21F2NS. The zero-order valence-electron chi connectivity index (χ0n) is 11.7. The van der Waals surface area contributed by atoms with Gasteiger partial charge in [0.15, 0.2) is 0 Å². The molecule has 2 unspecified atom stereocenters. The van der Waals surface area contributed by atoms with E-state index in [2.05, 4.69) is 19.2 Å². The molecule has 1 saturated carbocycles. The molecule has 1 N–H and O–H groups in total. The van der Waals surface area contributed by atoms with Gasteiger partial charge in [-0.15, -0.1) is 11.8 Å². The van der Waals surface area contributed by atoms with Crippen LogP contribution < -0.4 is 5.32 Å². The molecule has 1 aliphatic rings. The first-order valence-electron chi connectivity index (χ1n) is 6.70. The molecule has 0 radical (unpaired) electrons. The summed E-state index contributed by atoms with van der Waals surface area (Å²) >= 11 is 1.53. The Labute approximate surface area is 118 Å². The highest BCUT2D eigenvalue weighted by Gasteiger charge is 2.35. The lowest BCUT2D eigenvalue weighted by Crippen LogP contribution is -2.43. The van der Waals surface area contributed by atoms with Crippen molar-refractivity contribution in [2.45, 2.75) is 49.3 Å². The smallest absolute Gasteiger partial charge is 0.139 e. The summed E-state index contributed by atoms with van der Waals surface area (Å²) in [5.41, 5.74) is 0.293. The molecule has 0 heterocycles. The zero-order valence-corrected chi connectivity index (χ0v) is 12.5. The summed E-state index contributed by atoms with van der Waals surface area (Å²) in [7, 11) is 1.96. The van der Waals surface area contributed by atoms with Gasteiger partial charge in [-0.25, -0.2) is 8.78 Å². The highest BCUT2D eigenvalue weighted by molar-refractivity contribution is 8.00. The predicted octanol–water partition coefficient (Wildman–Crippen LogP) is 4.22. The van der Waals surface area contributed by atoms with Crippen LogP contribution in [0.3, 0.4) is 0 Å². The van der Waals surface area contributed by atoms with Gasteiger partial charge in [0.2, 0.25) is 0 Å². The quantitative estimate of drug-likeness (QED) is 0.892. The molecule has 1 aliphatic carbocycles. The fourth-order valence-corrected chi connectivity index (χ4v) is 4.32. The second-order valence-electron chi connectivity index (χ2n) is 6.03. The predicted molar refractivity (Wildman–Crippen MR) is 76.5 cm³/mol. The minimum Gasteiger partial charge on any atom is -0.316 e. The Morgan fingerprint density at radius 2 is 2.05 bits per heavy atom. The normalized spacial score (nSPS) is 26.4. The van der Waals surface area contributed by atoms with Crippen LogP contribution >= 0.6 is 11.8 Å². The molecule has 19 heavy (non-hydrogen) atoms. The number of nitrogens with one attached hydrogen (secondary N) is 1. The summed E-state index contributed by atoms with van der Waals surface area (Å²) in [4.78, 5) is 0.546. The zero-order chi connectivity index (χ0) is 14.0. The second-order valence-corrected chi connectivity index (χ2v) is 7.31. The van der Waals surface area contributed by atoms with Crippen molar-refractivity contribution in [1.82, 2.24) is 5.32 Å². The molecule has 1 nitrogen and oxygen atoms in total. The molecule has 2 atom stereocenters. The molecule has 2 rings (SSSR count). The minimum atomic E-state index is -0.518. The lowest BCUT2D eigenvalue weighted by molar-refractivity contribution is 0.218. The van der Waals surface area contributed by atoms with Gasteiger partial charge >= 0.3 is 0 Å². The van der Waals surface area contributed by atoms with Gasteiger partial charge in [-0.3, -0.25) is 0 Å². The maximum absolute atomic E-state index is 13.7. The summed E-state index contributed by atoms with van der Waals surface area (Å²) in [5, 5.41) is 3.65. The van der Waals surface area contributed by atoms with E-state index in [0.717, 1.165) is 18.9 Å². The van der Waals surface area contributed by atoms with Gasteiger partial charge in [0.1, 0.15) is 11.6 Å². The summed E-state index contributed by atoms with van der Waals surface area (Å²) < 4.78 is 26.7. The Hall–Kier alpha value is -0.610. The van der Waals surface area contributed by atoms with Crippen LogP contribution in [0.15, 0.2) is 23.1 Å². The Balaban J connectivity index is 2.14. The van der Waals surface area contributed by atoms with Gasteiger partial charge in [0.05, 0.1) is 0 Å². The van der Waals surface area contributed by atoms with E-state index < -0.39 is 11.6 Å². The fourth-order valence-electron chi connectivity index (χ4n) is 2.71. The molecule has 4 heteroatoms. The van der Waals surface area contributed by atoms with Gasteiger partial charge in [0.25, 0.3) is 0 Å². The summed E-state index contributed by atoms with van der Waals surface area (Å²) in [6.45, 7) is 4.51. The largest absolute Gasteiger partial charge is 0.316 e. The van der Waals surface area contributed by atoms with Crippen molar-refractivity contribution in [2.75, 3.05) is 7.05 Å². The average molecular weight is 285 g/mol. The van der Waals surface area contributed by atoms with Crippen LogP contribution in [0.1, 0.15) is 33.1 Å². The van der Waals surface area contributed by atoms with E-state index in [1.54, 1.807) is 6.07 Å². The van der Waals surface area contributed by atoms with Crippen LogP contribution in [-0.2, 0) is 0 Å². The number of thioether (sulfide) groups is 1. The van der Waals surface area contributed by atoms with Crippen molar-refractivity contribution in [2.24, 2.45) is 5.41 Å². The van der Waals surface area contributed by atoms with Gasteiger partial charge < -0.3 is 5.32 Å². The third-order valence-corrected chi connectivity index (χ3v) is 5.26. The van der Waals surface area contributed by atoms with Crippen LogP contribution in [0.5, 0.6) is 0 Å². The third kappa shape index (κ3) is 3.69. The number of hydrogen-bond donors (Lipinski definition) is 1. The average Bonchev–Trinajstić information content (AvgIpc) is 2.32. The first-order valence-corrected chi connectivity index (χ1v) is 7.58. The molecule has 1 aromatic carbocycles. The Morgan fingerprint density at radius 1 is 1.32 bits per heavy atom. The Kier molecular flexibility index (Phi) is 4.51. The molecule has 0 bridgehead atoms. The van der Waals surface area contributed by atoms with Crippen LogP contribution in [-0.4, -0.2) is 18.3 Å². The van der Waals surface area contributed by atoms with Crippen molar-refractivity contribution in [3.8, 4) is 0 Å². The molecule has 0 spiro atoms. The maximum atomic E-state index is 13.7. The molecular weight excluding hydrogens is 264 g/mol. The van der Waals surface area contributed by atoms with E-state index in [0.29, 0.717) is 21.6 Å². The van der Waals surface area contributed by atoms with Gasteiger partial charge in [-0.2, -0.15) is 0 Å². The summed E-state index contributed by atoms with van der Waals surface area (Å²) in [6, 6.07) is 4.23. The Bertz CT molecular complexity index is 448. The van der Waals surface area contributed by atoms with Gasteiger partial charge in [0, 0.05) is 22.3 Å². The van der Waals surface area contributed by atoms with Gasteiger partial charge in [-0.05, 0) is 43.9 Å². The van der Waals surface area contributed by atoms with E-state index in [1.165, 1.54) is 24.2 Å². The monoisotopic (exact) mass is 285 g/mol. The SMILES string of the molecule is CNC1CCC(C)(C)CC1Sc1ccc(F)cc1F. The minimum absolute atomic E-state index is 0.293. The molecule has 0 amide bonds. The number of rotatable bonds is 3. The maximum Gasteiger partial charge on any atom is 0.139 e. The lowest BCUT2D eigenvalue weighted by atomic mass is 9.75. The number of halogens is 2. The highest BCUT2D eigenvalue weighted by atomic mass is 32.2. The van der Waals surface area contributed by atoms with Crippen LogP contribution in [0.2, 0.25) is 0 Å². The third-order valence-electron chi connectivity index (χ3n) is 3.88. The van der Waals surface area contributed by atoms with E-state index in [-0.39, 0.29) is 0 Å². The van der Waals surface area contributed by atoms with E-state index in [1.807, 2.05) is 7.05 Å². The van der Waals surface area contributed by atoms with Crippen molar-refractivity contribution in [3.63, 3.8) is 0 Å². The summed E-state index contributed by atoms with van der Waals surface area (Å²) in [5.74, 6) is -0.973.